The van der Waals surface area contributed by atoms with Crippen molar-refractivity contribution in [2.75, 3.05) is 0 Å². The first-order chi connectivity index (χ1) is 11.7. The number of aryl methyl sites for hydroxylation is 1. The Morgan fingerprint density at radius 2 is 2.00 bits per heavy atom. The van der Waals surface area contributed by atoms with Crippen molar-refractivity contribution in [1.82, 2.24) is 20.1 Å². The molecule has 25 heavy (non-hydrogen) atoms. The minimum Gasteiger partial charge on any atom is -0.481 e. The van der Waals surface area contributed by atoms with Crippen LogP contribution in [0.3, 0.4) is 0 Å². The molecule has 8 heteroatoms. The van der Waals surface area contributed by atoms with E-state index in [0.29, 0.717) is 12.2 Å². The topological polar surface area (TPSA) is 97.1 Å². The van der Waals surface area contributed by atoms with E-state index >= 15 is 0 Å². The zero-order valence-corrected chi connectivity index (χ0v) is 14.4. The summed E-state index contributed by atoms with van der Waals surface area (Å²) in [6.07, 6.45) is 0.671. The van der Waals surface area contributed by atoms with Gasteiger partial charge in [0.05, 0.1) is 0 Å². The average molecular weight is 348 g/mol. The summed E-state index contributed by atoms with van der Waals surface area (Å²) >= 11 is 0. The lowest BCUT2D eigenvalue weighted by Gasteiger charge is -2.24. The van der Waals surface area contributed by atoms with Crippen LogP contribution in [0.1, 0.15) is 50.1 Å². The van der Waals surface area contributed by atoms with Crippen LogP contribution in [0.4, 0.5) is 4.39 Å². The van der Waals surface area contributed by atoms with Crippen LogP contribution in [0.15, 0.2) is 24.3 Å². The van der Waals surface area contributed by atoms with E-state index in [-0.39, 0.29) is 24.4 Å². The molecule has 0 bridgehead atoms. The van der Waals surface area contributed by atoms with Gasteiger partial charge >= 0.3 is 5.97 Å². The van der Waals surface area contributed by atoms with Crippen LogP contribution >= 0.6 is 0 Å². The van der Waals surface area contributed by atoms with Crippen LogP contribution in [-0.2, 0) is 11.2 Å². The lowest BCUT2D eigenvalue weighted by Crippen LogP contribution is -2.44. The number of carboxylic acid groups (broad SMARTS) is 1. The van der Waals surface area contributed by atoms with E-state index in [1.54, 1.807) is 32.0 Å². The number of benzene rings is 1. The largest absolute Gasteiger partial charge is 0.481 e. The maximum absolute atomic E-state index is 14.0. The Bertz CT molecular complexity index is 786. The van der Waals surface area contributed by atoms with Gasteiger partial charge in [-0.25, -0.2) is 14.1 Å². The summed E-state index contributed by atoms with van der Waals surface area (Å²) in [5.74, 6) is -1.55. The molecule has 134 valence electrons. The van der Waals surface area contributed by atoms with Gasteiger partial charge in [0.1, 0.15) is 17.3 Å². The van der Waals surface area contributed by atoms with E-state index < -0.39 is 23.2 Å². The van der Waals surface area contributed by atoms with Crippen molar-refractivity contribution in [3.63, 3.8) is 0 Å². The first kappa shape index (κ1) is 18.6. The zero-order valence-electron chi connectivity index (χ0n) is 14.4. The Labute approximate surface area is 144 Å². The van der Waals surface area contributed by atoms with Gasteiger partial charge in [-0.05, 0) is 32.4 Å². The van der Waals surface area contributed by atoms with Crippen molar-refractivity contribution in [3.8, 4) is 5.69 Å². The highest BCUT2D eigenvalue weighted by Crippen LogP contribution is 2.16. The Morgan fingerprint density at radius 3 is 2.60 bits per heavy atom. The molecule has 7 nitrogen and oxygen atoms in total. The van der Waals surface area contributed by atoms with E-state index in [9.17, 15) is 14.0 Å². The summed E-state index contributed by atoms with van der Waals surface area (Å²) in [5, 5.41) is 15.6. The molecule has 0 spiro atoms. The zero-order chi connectivity index (χ0) is 18.6. The van der Waals surface area contributed by atoms with Gasteiger partial charge in [0.2, 0.25) is 5.82 Å². The third-order valence-corrected chi connectivity index (χ3v) is 3.69. The maximum Gasteiger partial charge on any atom is 0.303 e. The van der Waals surface area contributed by atoms with E-state index in [0.717, 1.165) is 0 Å². The molecule has 1 amide bonds. The fourth-order valence-electron chi connectivity index (χ4n) is 2.33. The summed E-state index contributed by atoms with van der Waals surface area (Å²) in [6, 6.07) is 6.11. The van der Waals surface area contributed by atoms with Crippen LogP contribution in [-0.4, -0.2) is 37.3 Å². The summed E-state index contributed by atoms with van der Waals surface area (Å²) in [6.45, 7) is 5.28. The van der Waals surface area contributed by atoms with E-state index in [1.165, 1.54) is 10.7 Å². The number of amides is 1. The second kappa shape index (κ2) is 7.42. The van der Waals surface area contributed by atoms with Crippen molar-refractivity contribution in [1.29, 1.82) is 0 Å². The highest BCUT2D eigenvalue weighted by atomic mass is 19.1. The molecule has 0 aliphatic heterocycles. The van der Waals surface area contributed by atoms with Crippen molar-refractivity contribution >= 4 is 11.9 Å². The molecule has 2 rings (SSSR count). The van der Waals surface area contributed by atoms with Gasteiger partial charge in [0, 0.05) is 18.4 Å². The van der Waals surface area contributed by atoms with Crippen LogP contribution in [0.25, 0.3) is 5.69 Å². The number of hydrogen-bond acceptors (Lipinski definition) is 4. The molecular weight excluding hydrogens is 327 g/mol. The number of carbonyl (C=O) groups is 2. The number of nitrogens with zero attached hydrogens (tertiary/aromatic N) is 3. The normalized spacial score (nSPS) is 11.4. The second-order valence-electron chi connectivity index (χ2n) is 6.30. The molecule has 1 aromatic heterocycles. The van der Waals surface area contributed by atoms with Gasteiger partial charge in [0.25, 0.3) is 5.91 Å². The van der Waals surface area contributed by atoms with Crippen LogP contribution in [0, 0.1) is 5.82 Å². The Hall–Kier alpha value is -2.77. The summed E-state index contributed by atoms with van der Waals surface area (Å²) < 4.78 is 15.3. The van der Waals surface area contributed by atoms with E-state index in [1.807, 2.05) is 6.92 Å². The minimum absolute atomic E-state index is 0.0649. The Morgan fingerprint density at radius 1 is 1.32 bits per heavy atom. The number of nitrogens with one attached hydrogen (secondary N) is 1. The third-order valence-electron chi connectivity index (χ3n) is 3.69. The van der Waals surface area contributed by atoms with Crippen molar-refractivity contribution in [2.24, 2.45) is 0 Å². The average Bonchev–Trinajstić information content (AvgIpc) is 2.97. The standard InChI is InChI=1S/C17H21FN4O3/c1-4-13-19-15(16(25)20-17(2,3)10-9-14(23)24)21-22(13)12-8-6-5-7-11(12)18/h5-8H,4,9-10H2,1-3H3,(H,20,25)(H,23,24). The molecule has 1 aromatic carbocycles. The number of carboxylic acids is 1. The Balaban J connectivity index is 2.24. The molecule has 1 heterocycles. The molecular formula is C17H21FN4O3. The fraction of sp³-hybridized carbons (Fsp3) is 0.412. The SMILES string of the molecule is CCc1nc(C(=O)NC(C)(C)CCC(=O)O)nn1-c1ccccc1F. The molecule has 2 N–H and O–H groups in total. The van der Waals surface area contributed by atoms with E-state index in [2.05, 4.69) is 15.4 Å². The minimum atomic E-state index is -0.933. The summed E-state index contributed by atoms with van der Waals surface area (Å²) in [5.41, 5.74) is -0.512. The molecule has 0 saturated carbocycles. The molecule has 2 aromatic rings. The predicted molar refractivity (Wildman–Crippen MR) is 89.1 cm³/mol. The van der Waals surface area contributed by atoms with Gasteiger partial charge in [-0.2, -0.15) is 0 Å². The second-order valence-corrected chi connectivity index (χ2v) is 6.30. The highest BCUT2D eigenvalue weighted by Gasteiger charge is 2.25. The summed E-state index contributed by atoms with van der Waals surface area (Å²) in [4.78, 5) is 27.3. The number of para-hydroxylation sites is 1. The number of rotatable bonds is 7. The van der Waals surface area contributed by atoms with Crippen molar-refractivity contribution in [3.05, 3.63) is 41.7 Å². The first-order valence-corrected chi connectivity index (χ1v) is 7.98. The first-order valence-electron chi connectivity index (χ1n) is 7.98. The van der Waals surface area contributed by atoms with Crippen molar-refractivity contribution in [2.45, 2.75) is 45.6 Å². The van der Waals surface area contributed by atoms with Crippen LogP contribution in [0.2, 0.25) is 0 Å². The predicted octanol–water partition coefficient (Wildman–Crippen LogP) is 2.34. The van der Waals surface area contributed by atoms with Gasteiger partial charge in [0.15, 0.2) is 0 Å². The third kappa shape index (κ3) is 4.62. The Kier molecular flexibility index (Phi) is 5.51. The number of aliphatic carboxylic acids is 1. The molecule has 0 radical (unpaired) electrons. The fourth-order valence-corrected chi connectivity index (χ4v) is 2.33. The number of halogens is 1. The lowest BCUT2D eigenvalue weighted by molar-refractivity contribution is -0.137. The van der Waals surface area contributed by atoms with Crippen molar-refractivity contribution < 1.29 is 19.1 Å². The van der Waals surface area contributed by atoms with Gasteiger partial charge in [-0.1, -0.05) is 19.1 Å². The number of carbonyl (C=O) groups excluding carboxylic acids is 1. The van der Waals surface area contributed by atoms with Crippen LogP contribution < -0.4 is 5.32 Å². The quantitative estimate of drug-likeness (QED) is 0.800. The smallest absolute Gasteiger partial charge is 0.303 e. The molecule has 0 atom stereocenters. The lowest BCUT2D eigenvalue weighted by atomic mass is 9.98. The molecule has 0 aliphatic carbocycles. The number of aromatic nitrogens is 3. The van der Waals surface area contributed by atoms with E-state index in [4.69, 9.17) is 5.11 Å². The van der Waals surface area contributed by atoms with Gasteiger partial charge < -0.3 is 10.4 Å². The molecule has 0 fully saturated rings. The summed E-state index contributed by atoms with van der Waals surface area (Å²) in [7, 11) is 0. The number of hydrogen-bond donors (Lipinski definition) is 2. The molecule has 0 aliphatic rings. The molecule has 0 saturated heterocycles. The van der Waals surface area contributed by atoms with Crippen LogP contribution in [0.5, 0.6) is 0 Å². The van der Waals surface area contributed by atoms with Gasteiger partial charge in [-0.3, -0.25) is 9.59 Å². The monoisotopic (exact) mass is 348 g/mol. The van der Waals surface area contributed by atoms with Gasteiger partial charge in [-0.15, -0.1) is 5.10 Å². The highest BCUT2D eigenvalue weighted by molar-refractivity contribution is 5.91. The maximum atomic E-state index is 14.0. The molecule has 0 unspecified atom stereocenters.